The Morgan fingerprint density at radius 3 is 0.753 bits per heavy atom. The maximum absolute atomic E-state index is 12.9. The Balaban J connectivity index is 3.89. The SMILES string of the molecule is CC/C=C\C/C=C\C/C=C\C/C=C\CCCCCCCCCCCCCCCCCCCCCCC(=O)OCC(COC(=O)CCCCCCC)OC(=O)CCCCCCCCCCCCCCCCCCCCCCCCCCC. The van der Waals surface area contributed by atoms with Gasteiger partial charge in [-0.2, -0.15) is 0 Å². The van der Waals surface area contributed by atoms with E-state index < -0.39 is 6.10 Å². The Hall–Kier alpha value is -2.63. The van der Waals surface area contributed by atoms with Crippen LogP contribution in [0.4, 0.5) is 0 Å². The lowest BCUT2D eigenvalue weighted by Gasteiger charge is -2.18. The minimum absolute atomic E-state index is 0.0663. The van der Waals surface area contributed by atoms with Gasteiger partial charge in [-0.3, -0.25) is 14.4 Å². The highest BCUT2D eigenvalue weighted by Crippen LogP contribution is 2.19. The van der Waals surface area contributed by atoms with Crippen molar-refractivity contribution in [3.05, 3.63) is 48.6 Å². The number of carbonyl (C=O) groups is 3. The van der Waals surface area contributed by atoms with Crippen LogP contribution in [0.1, 0.15) is 393 Å². The molecule has 0 bridgehead atoms. The molecule has 0 rings (SSSR count). The molecule has 81 heavy (non-hydrogen) atoms. The van der Waals surface area contributed by atoms with Gasteiger partial charge in [0.25, 0.3) is 0 Å². The number of hydrogen-bond acceptors (Lipinski definition) is 6. The molecule has 0 fully saturated rings. The topological polar surface area (TPSA) is 78.9 Å². The van der Waals surface area contributed by atoms with Crippen LogP contribution in [0.5, 0.6) is 0 Å². The Bertz CT molecular complexity index is 1400. The molecule has 0 aliphatic carbocycles. The Labute approximate surface area is 505 Å². The molecule has 6 nitrogen and oxygen atoms in total. The Morgan fingerprint density at radius 2 is 0.481 bits per heavy atom. The minimum Gasteiger partial charge on any atom is -0.462 e. The normalized spacial score (nSPS) is 12.3. The van der Waals surface area contributed by atoms with Crippen LogP contribution in [0, 0.1) is 0 Å². The summed E-state index contributed by atoms with van der Waals surface area (Å²) in [6, 6.07) is 0. The average Bonchev–Trinajstić information content (AvgIpc) is 3.47. The average molecular weight is 1140 g/mol. The number of esters is 3. The molecule has 0 aliphatic rings. The molecular weight excluding hydrogens is 997 g/mol. The third kappa shape index (κ3) is 68.0. The molecule has 0 aromatic carbocycles. The van der Waals surface area contributed by atoms with Crippen molar-refractivity contribution in [3.8, 4) is 0 Å². The van der Waals surface area contributed by atoms with Crippen molar-refractivity contribution in [3.63, 3.8) is 0 Å². The summed E-state index contributed by atoms with van der Waals surface area (Å²) in [4.78, 5) is 38.0. The van der Waals surface area contributed by atoms with Gasteiger partial charge in [-0.1, -0.05) is 365 Å². The highest BCUT2D eigenvalue weighted by atomic mass is 16.6. The molecule has 6 heteroatoms. The van der Waals surface area contributed by atoms with E-state index >= 15 is 0 Å². The maximum atomic E-state index is 12.9. The van der Waals surface area contributed by atoms with Crippen molar-refractivity contribution in [2.45, 2.75) is 399 Å². The molecular formula is C75H138O6. The van der Waals surface area contributed by atoms with Crippen molar-refractivity contribution < 1.29 is 28.6 Å². The molecule has 0 spiro atoms. The fraction of sp³-hybridized carbons (Fsp3) is 0.853. The lowest BCUT2D eigenvalue weighted by atomic mass is 10.0. The standard InChI is InChI=1S/C75H138O6/c1-4-7-10-13-15-17-19-21-23-25-27-29-31-33-34-35-36-37-38-39-40-42-43-45-47-49-51-53-55-57-59-62-65-68-74(77)80-71-72(70-79-73(76)67-64-61-12-9-6-3)81-75(78)69-66-63-60-58-56-54-52-50-48-46-44-41-32-30-28-26-24-22-20-18-16-14-11-8-5-2/h7,10,15,17,21,23,27,29,72H,4-6,8-9,11-14,16,18-20,22,24-26,28,30-71H2,1-3H3/b10-7-,17-15-,23-21-,29-27-. The first-order valence-electron chi connectivity index (χ1n) is 36.1. The zero-order valence-corrected chi connectivity index (χ0v) is 54.6. The van der Waals surface area contributed by atoms with Crippen molar-refractivity contribution in [2.24, 2.45) is 0 Å². The van der Waals surface area contributed by atoms with Crippen LogP contribution < -0.4 is 0 Å². The van der Waals surface area contributed by atoms with E-state index in [0.29, 0.717) is 19.3 Å². The summed E-state index contributed by atoms with van der Waals surface area (Å²) >= 11 is 0. The van der Waals surface area contributed by atoms with E-state index in [1.54, 1.807) is 0 Å². The van der Waals surface area contributed by atoms with E-state index in [9.17, 15) is 14.4 Å². The maximum Gasteiger partial charge on any atom is 0.306 e. The van der Waals surface area contributed by atoms with Crippen LogP contribution >= 0.6 is 0 Å². The van der Waals surface area contributed by atoms with Gasteiger partial charge in [0.15, 0.2) is 6.10 Å². The van der Waals surface area contributed by atoms with Crippen molar-refractivity contribution in [1.29, 1.82) is 0 Å². The van der Waals surface area contributed by atoms with Crippen LogP contribution in [0.2, 0.25) is 0 Å². The monoisotopic (exact) mass is 1140 g/mol. The van der Waals surface area contributed by atoms with Crippen molar-refractivity contribution in [1.82, 2.24) is 0 Å². The molecule has 1 atom stereocenters. The van der Waals surface area contributed by atoms with Crippen molar-refractivity contribution in [2.75, 3.05) is 13.2 Å². The zero-order valence-electron chi connectivity index (χ0n) is 54.6. The first-order chi connectivity index (χ1) is 40.0. The molecule has 0 aromatic heterocycles. The number of ether oxygens (including phenoxy) is 3. The van der Waals surface area contributed by atoms with Gasteiger partial charge >= 0.3 is 17.9 Å². The number of hydrogen-bond donors (Lipinski definition) is 0. The van der Waals surface area contributed by atoms with E-state index in [-0.39, 0.29) is 31.1 Å². The summed E-state index contributed by atoms with van der Waals surface area (Å²) in [5, 5.41) is 0. The Kier molecular flexibility index (Phi) is 67.6. The number of unbranched alkanes of at least 4 members (excludes halogenated alkanes) is 48. The number of carbonyl (C=O) groups excluding carboxylic acids is 3. The van der Waals surface area contributed by atoms with Crippen LogP contribution in [-0.2, 0) is 28.6 Å². The molecule has 0 aromatic rings. The molecule has 474 valence electrons. The van der Waals surface area contributed by atoms with E-state index in [4.69, 9.17) is 14.2 Å². The minimum atomic E-state index is -0.765. The van der Waals surface area contributed by atoms with Gasteiger partial charge in [0.05, 0.1) is 0 Å². The summed E-state index contributed by atoms with van der Waals surface area (Å²) in [7, 11) is 0. The van der Waals surface area contributed by atoms with Gasteiger partial charge < -0.3 is 14.2 Å². The van der Waals surface area contributed by atoms with Gasteiger partial charge in [-0.15, -0.1) is 0 Å². The molecule has 0 saturated carbocycles. The van der Waals surface area contributed by atoms with E-state index in [0.717, 1.165) is 89.9 Å². The smallest absolute Gasteiger partial charge is 0.306 e. The van der Waals surface area contributed by atoms with Crippen molar-refractivity contribution >= 4 is 17.9 Å². The predicted molar refractivity (Wildman–Crippen MR) is 353 cm³/mol. The largest absolute Gasteiger partial charge is 0.462 e. The molecule has 0 saturated heterocycles. The third-order valence-electron chi connectivity index (χ3n) is 16.3. The van der Waals surface area contributed by atoms with Gasteiger partial charge in [-0.25, -0.2) is 0 Å². The summed E-state index contributed by atoms with van der Waals surface area (Å²) in [5.41, 5.74) is 0. The summed E-state index contributed by atoms with van der Waals surface area (Å²) in [5.74, 6) is -0.853. The number of allylic oxidation sites excluding steroid dienone is 8. The van der Waals surface area contributed by atoms with Crippen LogP contribution in [0.3, 0.4) is 0 Å². The zero-order chi connectivity index (χ0) is 58.5. The van der Waals surface area contributed by atoms with E-state index in [1.165, 1.54) is 263 Å². The molecule has 0 heterocycles. The van der Waals surface area contributed by atoms with Gasteiger partial charge in [0.1, 0.15) is 13.2 Å². The second kappa shape index (κ2) is 69.9. The van der Waals surface area contributed by atoms with Gasteiger partial charge in [-0.05, 0) is 57.8 Å². The molecule has 0 radical (unpaired) electrons. The first kappa shape index (κ1) is 78.4. The fourth-order valence-corrected chi connectivity index (χ4v) is 11.0. The summed E-state index contributed by atoms with van der Waals surface area (Å²) in [6.45, 7) is 6.52. The quantitative estimate of drug-likeness (QED) is 0.0261. The summed E-state index contributed by atoms with van der Waals surface area (Å²) in [6.07, 6.45) is 89.3. The lowest BCUT2D eigenvalue weighted by molar-refractivity contribution is -0.167. The Morgan fingerprint density at radius 1 is 0.259 bits per heavy atom. The summed E-state index contributed by atoms with van der Waals surface area (Å²) < 4.78 is 16.8. The van der Waals surface area contributed by atoms with Crippen LogP contribution in [0.15, 0.2) is 48.6 Å². The fourth-order valence-electron chi connectivity index (χ4n) is 11.0. The van der Waals surface area contributed by atoms with E-state index in [2.05, 4.69) is 69.4 Å². The highest BCUT2D eigenvalue weighted by Gasteiger charge is 2.19. The second-order valence-corrected chi connectivity index (χ2v) is 24.5. The predicted octanol–water partition coefficient (Wildman–Crippen LogP) is 24.9. The lowest BCUT2D eigenvalue weighted by Crippen LogP contribution is -2.30. The highest BCUT2D eigenvalue weighted by molar-refractivity contribution is 5.71. The molecule has 1 unspecified atom stereocenters. The molecule has 0 amide bonds. The number of rotatable bonds is 67. The molecule has 0 N–H and O–H groups in total. The van der Waals surface area contributed by atoms with Crippen LogP contribution in [-0.4, -0.2) is 37.2 Å². The van der Waals surface area contributed by atoms with Gasteiger partial charge in [0, 0.05) is 19.3 Å². The second-order valence-electron chi connectivity index (χ2n) is 24.5. The third-order valence-corrected chi connectivity index (χ3v) is 16.3. The molecule has 0 aliphatic heterocycles. The van der Waals surface area contributed by atoms with Crippen LogP contribution in [0.25, 0.3) is 0 Å². The van der Waals surface area contributed by atoms with E-state index in [1.807, 2.05) is 0 Å². The van der Waals surface area contributed by atoms with Gasteiger partial charge in [0.2, 0.25) is 0 Å². The first-order valence-corrected chi connectivity index (χ1v) is 36.1.